The van der Waals surface area contributed by atoms with Crippen molar-refractivity contribution < 1.29 is 9.53 Å². The molecule has 0 aliphatic heterocycles. The summed E-state index contributed by atoms with van der Waals surface area (Å²) in [6, 6.07) is 5.88. The van der Waals surface area contributed by atoms with Gasteiger partial charge in [-0.25, -0.2) is 0 Å². The van der Waals surface area contributed by atoms with Crippen LogP contribution in [0.25, 0.3) is 0 Å². The van der Waals surface area contributed by atoms with Gasteiger partial charge in [-0.3, -0.25) is 4.79 Å². The highest BCUT2D eigenvalue weighted by Gasteiger charge is 2.11. The Morgan fingerprint density at radius 2 is 1.83 bits per heavy atom. The molecule has 0 fully saturated rings. The Bertz CT molecular complexity index is 385. The maximum absolute atomic E-state index is 12.2. The van der Waals surface area contributed by atoms with Crippen molar-refractivity contribution in [3.63, 3.8) is 0 Å². The fourth-order valence-corrected chi connectivity index (χ4v) is 1.81. The average Bonchev–Trinajstić information content (AvgIpc) is 2.32. The van der Waals surface area contributed by atoms with Gasteiger partial charge in [-0.05, 0) is 26.0 Å². The van der Waals surface area contributed by atoms with Crippen molar-refractivity contribution in [3.05, 3.63) is 34.9 Å². The van der Waals surface area contributed by atoms with E-state index in [1.165, 1.54) is 0 Å². The molecule has 0 saturated carbocycles. The Hall–Kier alpha value is -1.39. The van der Waals surface area contributed by atoms with Crippen LogP contribution in [0.15, 0.2) is 18.2 Å². The Morgan fingerprint density at radius 3 is 2.39 bits per heavy atom. The molecule has 0 bridgehead atoms. The van der Waals surface area contributed by atoms with Crippen molar-refractivity contribution in [2.45, 2.75) is 13.8 Å². The predicted molar refractivity (Wildman–Crippen MR) is 72.7 cm³/mol. The number of hydrogen-bond donors (Lipinski definition) is 1. The van der Waals surface area contributed by atoms with E-state index in [-0.39, 0.29) is 5.91 Å². The van der Waals surface area contributed by atoms with Gasteiger partial charge in [-0.15, -0.1) is 0 Å². The fourth-order valence-electron chi connectivity index (χ4n) is 1.81. The Kier molecular flexibility index (Phi) is 5.82. The molecule has 0 saturated heterocycles. The molecule has 0 radical (unpaired) electrons. The van der Waals surface area contributed by atoms with Gasteiger partial charge in [0.2, 0.25) is 0 Å². The normalized spacial score (nSPS) is 10.4. The van der Waals surface area contributed by atoms with Crippen molar-refractivity contribution in [2.24, 2.45) is 5.73 Å². The molecule has 1 amide bonds. The molecule has 4 heteroatoms. The number of nitrogens with two attached hydrogens (primary N) is 1. The summed E-state index contributed by atoms with van der Waals surface area (Å²) in [7, 11) is 1.78. The number of benzene rings is 1. The summed E-state index contributed by atoms with van der Waals surface area (Å²) in [5.74, 6) is 0.0261. The van der Waals surface area contributed by atoms with Crippen LogP contribution in [0.1, 0.15) is 21.5 Å². The van der Waals surface area contributed by atoms with Crippen molar-refractivity contribution >= 4 is 5.91 Å². The third kappa shape index (κ3) is 4.47. The van der Waals surface area contributed by atoms with Crippen LogP contribution in [0, 0.1) is 13.8 Å². The first kappa shape index (κ1) is 14.7. The quantitative estimate of drug-likeness (QED) is 0.775. The Balaban J connectivity index is 2.57. The van der Waals surface area contributed by atoms with Gasteiger partial charge in [0.05, 0.1) is 13.2 Å². The standard InChI is InChI=1S/C14H22N2O2/c1-11-8-12(2)10-13(9-11)14(17)16(3)5-7-18-6-4-15/h8-10H,4-7,15H2,1-3H3. The van der Waals surface area contributed by atoms with Crippen LogP contribution in [0.2, 0.25) is 0 Å². The number of ether oxygens (including phenoxy) is 1. The second-order valence-corrected chi connectivity index (χ2v) is 4.50. The maximum atomic E-state index is 12.2. The number of aryl methyl sites for hydroxylation is 2. The van der Waals surface area contributed by atoms with Crippen molar-refractivity contribution in [3.8, 4) is 0 Å². The summed E-state index contributed by atoms with van der Waals surface area (Å²) in [6.45, 7) is 6.12. The lowest BCUT2D eigenvalue weighted by Crippen LogP contribution is -2.30. The summed E-state index contributed by atoms with van der Waals surface area (Å²) in [5.41, 5.74) is 8.26. The van der Waals surface area contributed by atoms with Crippen LogP contribution in [0.4, 0.5) is 0 Å². The minimum atomic E-state index is 0.0261. The summed E-state index contributed by atoms with van der Waals surface area (Å²) in [4.78, 5) is 13.8. The Morgan fingerprint density at radius 1 is 1.22 bits per heavy atom. The van der Waals surface area contributed by atoms with E-state index in [2.05, 4.69) is 6.07 Å². The zero-order chi connectivity index (χ0) is 13.5. The lowest BCUT2D eigenvalue weighted by Gasteiger charge is -2.17. The first-order valence-corrected chi connectivity index (χ1v) is 6.16. The zero-order valence-corrected chi connectivity index (χ0v) is 11.4. The van der Waals surface area contributed by atoms with Gasteiger partial charge in [0.1, 0.15) is 0 Å². The highest BCUT2D eigenvalue weighted by atomic mass is 16.5. The molecule has 4 nitrogen and oxygen atoms in total. The molecular formula is C14H22N2O2. The number of carbonyl (C=O) groups is 1. The van der Waals surface area contributed by atoms with Crippen LogP contribution in [-0.4, -0.2) is 44.2 Å². The molecule has 0 spiro atoms. The fraction of sp³-hybridized carbons (Fsp3) is 0.500. The molecule has 0 atom stereocenters. The highest BCUT2D eigenvalue weighted by molar-refractivity contribution is 5.94. The van der Waals surface area contributed by atoms with E-state index < -0.39 is 0 Å². The summed E-state index contributed by atoms with van der Waals surface area (Å²) in [5, 5.41) is 0. The van der Waals surface area contributed by atoms with E-state index in [1.54, 1.807) is 11.9 Å². The van der Waals surface area contributed by atoms with Crippen molar-refractivity contribution in [1.29, 1.82) is 0 Å². The number of amides is 1. The summed E-state index contributed by atoms with van der Waals surface area (Å²) >= 11 is 0. The molecule has 1 rings (SSSR count). The third-order valence-electron chi connectivity index (χ3n) is 2.65. The molecular weight excluding hydrogens is 228 g/mol. The third-order valence-corrected chi connectivity index (χ3v) is 2.65. The van der Waals surface area contributed by atoms with E-state index in [0.29, 0.717) is 26.3 Å². The van der Waals surface area contributed by atoms with Gasteiger partial charge in [-0.1, -0.05) is 17.2 Å². The van der Waals surface area contributed by atoms with Gasteiger partial charge in [-0.2, -0.15) is 0 Å². The lowest BCUT2D eigenvalue weighted by atomic mass is 10.1. The van der Waals surface area contributed by atoms with E-state index in [9.17, 15) is 4.79 Å². The summed E-state index contributed by atoms with van der Waals surface area (Å²) < 4.78 is 5.27. The van der Waals surface area contributed by atoms with Crippen LogP contribution in [-0.2, 0) is 4.74 Å². The minimum Gasteiger partial charge on any atom is -0.378 e. The summed E-state index contributed by atoms with van der Waals surface area (Å²) in [6.07, 6.45) is 0. The topological polar surface area (TPSA) is 55.6 Å². The molecule has 100 valence electrons. The van der Waals surface area contributed by atoms with E-state index in [0.717, 1.165) is 16.7 Å². The zero-order valence-electron chi connectivity index (χ0n) is 11.4. The largest absolute Gasteiger partial charge is 0.378 e. The van der Waals surface area contributed by atoms with Gasteiger partial charge in [0, 0.05) is 25.7 Å². The second kappa shape index (κ2) is 7.13. The van der Waals surface area contributed by atoms with Crippen LogP contribution in [0.5, 0.6) is 0 Å². The number of hydrogen-bond acceptors (Lipinski definition) is 3. The molecule has 0 unspecified atom stereocenters. The van der Waals surface area contributed by atoms with Gasteiger partial charge in [0.25, 0.3) is 5.91 Å². The predicted octanol–water partition coefficient (Wildman–Crippen LogP) is 1.35. The van der Waals surface area contributed by atoms with Gasteiger partial charge >= 0.3 is 0 Å². The van der Waals surface area contributed by atoms with Crippen LogP contribution in [0.3, 0.4) is 0 Å². The number of nitrogens with zero attached hydrogens (tertiary/aromatic N) is 1. The first-order valence-electron chi connectivity index (χ1n) is 6.16. The molecule has 2 N–H and O–H groups in total. The Labute approximate surface area is 109 Å². The molecule has 1 aromatic carbocycles. The SMILES string of the molecule is Cc1cc(C)cc(C(=O)N(C)CCOCCN)c1. The van der Waals surface area contributed by atoms with Crippen LogP contribution >= 0.6 is 0 Å². The van der Waals surface area contributed by atoms with Crippen molar-refractivity contribution in [2.75, 3.05) is 33.4 Å². The van der Waals surface area contributed by atoms with Gasteiger partial charge < -0.3 is 15.4 Å². The molecule has 0 heterocycles. The molecule has 0 aliphatic carbocycles. The van der Waals surface area contributed by atoms with E-state index in [4.69, 9.17) is 10.5 Å². The second-order valence-electron chi connectivity index (χ2n) is 4.50. The average molecular weight is 250 g/mol. The smallest absolute Gasteiger partial charge is 0.253 e. The molecule has 0 aliphatic rings. The number of rotatable bonds is 6. The maximum Gasteiger partial charge on any atom is 0.253 e. The molecule has 0 aromatic heterocycles. The van der Waals surface area contributed by atoms with E-state index >= 15 is 0 Å². The number of carbonyl (C=O) groups excluding carboxylic acids is 1. The molecule has 1 aromatic rings. The van der Waals surface area contributed by atoms with Gasteiger partial charge in [0.15, 0.2) is 0 Å². The number of likely N-dealkylation sites (N-methyl/N-ethyl adjacent to an activating group) is 1. The van der Waals surface area contributed by atoms with Crippen LogP contribution < -0.4 is 5.73 Å². The minimum absolute atomic E-state index is 0.0261. The first-order chi connectivity index (χ1) is 8.54. The van der Waals surface area contributed by atoms with E-state index in [1.807, 2.05) is 26.0 Å². The lowest BCUT2D eigenvalue weighted by molar-refractivity contribution is 0.0704. The monoisotopic (exact) mass is 250 g/mol. The van der Waals surface area contributed by atoms with Crippen molar-refractivity contribution in [1.82, 2.24) is 4.90 Å². The highest BCUT2D eigenvalue weighted by Crippen LogP contribution is 2.10. The molecule has 18 heavy (non-hydrogen) atoms.